The zero-order valence-electron chi connectivity index (χ0n) is 10.8. The zero-order chi connectivity index (χ0) is 14.9. The fourth-order valence-electron chi connectivity index (χ4n) is 1.65. The number of rotatable bonds is 3. The average molecular weight is 358 g/mol. The van der Waals surface area contributed by atoms with Crippen LogP contribution >= 0.6 is 15.9 Å². The lowest BCUT2D eigenvalue weighted by atomic mass is 10.2. The Hall–Kier alpha value is -1.60. The van der Waals surface area contributed by atoms with Crippen molar-refractivity contribution in [2.75, 3.05) is 7.11 Å². The number of carbonyl (C=O) groups excluding carboxylic acids is 1. The van der Waals surface area contributed by atoms with E-state index in [1.807, 2.05) is 6.92 Å². The highest BCUT2D eigenvalue weighted by Gasteiger charge is 2.22. The molecule has 0 aliphatic rings. The molecule has 0 atom stereocenters. The predicted octanol–water partition coefficient (Wildman–Crippen LogP) is 2.58. The van der Waals surface area contributed by atoms with Crippen LogP contribution < -0.4 is 0 Å². The second kappa shape index (κ2) is 5.41. The van der Waals surface area contributed by atoms with Crippen molar-refractivity contribution in [1.82, 2.24) is 3.97 Å². The van der Waals surface area contributed by atoms with Crippen LogP contribution in [0, 0.1) is 6.92 Å². The van der Waals surface area contributed by atoms with Crippen molar-refractivity contribution in [2.24, 2.45) is 0 Å². The molecule has 0 amide bonds. The first-order valence-electron chi connectivity index (χ1n) is 5.64. The molecule has 0 spiro atoms. The van der Waals surface area contributed by atoms with Gasteiger partial charge in [0.2, 0.25) is 0 Å². The second-order valence-corrected chi connectivity index (χ2v) is 6.78. The van der Waals surface area contributed by atoms with E-state index in [1.54, 1.807) is 12.1 Å². The van der Waals surface area contributed by atoms with Crippen molar-refractivity contribution < 1.29 is 17.9 Å². The van der Waals surface area contributed by atoms with E-state index in [-0.39, 0.29) is 15.1 Å². The number of aryl methyl sites for hydroxylation is 1. The average Bonchev–Trinajstić information content (AvgIpc) is 2.81. The summed E-state index contributed by atoms with van der Waals surface area (Å²) in [5.41, 5.74) is 1.13. The number of benzene rings is 1. The third-order valence-corrected chi connectivity index (χ3v) is 5.27. The number of aromatic nitrogens is 1. The van der Waals surface area contributed by atoms with Gasteiger partial charge in [-0.05, 0) is 41.1 Å². The number of esters is 1. The van der Waals surface area contributed by atoms with E-state index in [4.69, 9.17) is 0 Å². The summed E-state index contributed by atoms with van der Waals surface area (Å²) in [4.78, 5) is 11.6. The highest BCUT2D eigenvalue weighted by atomic mass is 79.9. The van der Waals surface area contributed by atoms with E-state index in [0.29, 0.717) is 0 Å². The molecule has 2 aromatic rings. The Bertz CT molecular complexity index is 747. The van der Waals surface area contributed by atoms with Crippen LogP contribution in [0.4, 0.5) is 0 Å². The SMILES string of the molecule is COC(=O)c1cc(Br)n(S(=O)(=O)c2ccc(C)cc2)c1. The summed E-state index contributed by atoms with van der Waals surface area (Å²) in [7, 11) is -2.51. The standard InChI is InChI=1S/C13H12BrNO4S/c1-9-3-5-11(6-4-9)20(17,18)15-8-10(7-12(15)14)13(16)19-2/h3-8H,1-2H3. The Morgan fingerprint density at radius 3 is 2.40 bits per heavy atom. The van der Waals surface area contributed by atoms with Gasteiger partial charge in [-0.15, -0.1) is 0 Å². The summed E-state index contributed by atoms with van der Waals surface area (Å²) in [6.45, 7) is 1.87. The summed E-state index contributed by atoms with van der Waals surface area (Å²) >= 11 is 3.14. The van der Waals surface area contributed by atoms with Crippen molar-refractivity contribution in [3.63, 3.8) is 0 Å². The highest BCUT2D eigenvalue weighted by molar-refractivity contribution is 9.10. The van der Waals surface area contributed by atoms with Crippen LogP contribution in [-0.2, 0) is 14.8 Å². The quantitative estimate of drug-likeness (QED) is 0.791. The Kier molecular flexibility index (Phi) is 4.01. The maximum Gasteiger partial charge on any atom is 0.339 e. The molecule has 5 nitrogen and oxygen atoms in total. The lowest BCUT2D eigenvalue weighted by Gasteiger charge is -2.07. The van der Waals surface area contributed by atoms with Gasteiger partial charge in [-0.1, -0.05) is 17.7 Å². The molecule has 20 heavy (non-hydrogen) atoms. The number of methoxy groups -OCH3 is 1. The zero-order valence-corrected chi connectivity index (χ0v) is 13.2. The van der Waals surface area contributed by atoms with Gasteiger partial charge in [0.15, 0.2) is 0 Å². The van der Waals surface area contributed by atoms with Crippen molar-refractivity contribution in [1.29, 1.82) is 0 Å². The molecule has 0 fully saturated rings. The first-order valence-corrected chi connectivity index (χ1v) is 7.88. The second-order valence-electron chi connectivity index (χ2n) is 4.16. The monoisotopic (exact) mass is 357 g/mol. The van der Waals surface area contributed by atoms with E-state index in [2.05, 4.69) is 20.7 Å². The molecule has 0 unspecified atom stereocenters. The molecule has 0 radical (unpaired) electrons. The van der Waals surface area contributed by atoms with Crippen LogP contribution in [0.15, 0.2) is 46.0 Å². The van der Waals surface area contributed by atoms with Crippen LogP contribution in [0.5, 0.6) is 0 Å². The Morgan fingerprint density at radius 1 is 1.25 bits per heavy atom. The molecule has 0 saturated heterocycles. The van der Waals surface area contributed by atoms with Gasteiger partial charge < -0.3 is 4.74 Å². The Morgan fingerprint density at radius 2 is 1.85 bits per heavy atom. The van der Waals surface area contributed by atoms with Crippen LogP contribution in [-0.4, -0.2) is 25.5 Å². The number of halogens is 1. The molecule has 0 saturated carbocycles. The number of ether oxygens (including phenoxy) is 1. The van der Waals surface area contributed by atoms with Gasteiger partial charge in [-0.2, -0.15) is 0 Å². The lowest BCUT2D eigenvalue weighted by Crippen LogP contribution is -2.12. The van der Waals surface area contributed by atoms with Crippen LogP contribution in [0.2, 0.25) is 0 Å². The van der Waals surface area contributed by atoms with Crippen LogP contribution in [0.3, 0.4) is 0 Å². The minimum atomic E-state index is -3.75. The van der Waals surface area contributed by atoms with E-state index >= 15 is 0 Å². The summed E-state index contributed by atoms with van der Waals surface area (Å²) in [6, 6.07) is 7.87. The first kappa shape index (κ1) is 14.8. The fourth-order valence-corrected chi connectivity index (χ4v) is 3.82. The van der Waals surface area contributed by atoms with Crippen molar-refractivity contribution in [2.45, 2.75) is 11.8 Å². The molecule has 2 rings (SSSR count). The largest absolute Gasteiger partial charge is 0.465 e. The van der Waals surface area contributed by atoms with Crippen molar-refractivity contribution in [3.8, 4) is 0 Å². The number of nitrogens with zero attached hydrogens (tertiary/aromatic N) is 1. The third-order valence-electron chi connectivity index (χ3n) is 2.74. The number of carbonyl (C=O) groups is 1. The van der Waals surface area contributed by atoms with Gasteiger partial charge in [0.1, 0.15) is 4.60 Å². The maximum absolute atomic E-state index is 12.5. The molecule has 1 aromatic carbocycles. The molecule has 0 N–H and O–H groups in total. The number of hydrogen-bond acceptors (Lipinski definition) is 4. The van der Waals surface area contributed by atoms with Crippen LogP contribution in [0.1, 0.15) is 15.9 Å². The minimum Gasteiger partial charge on any atom is -0.465 e. The minimum absolute atomic E-state index is 0.149. The molecule has 106 valence electrons. The third kappa shape index (κ3) is 2.64. The van der Waals surface area contributed by atoms with E-state index in [1.165, 1.54) is 31.5 Å². The number of hydrogen-bond donors (Lipinski definition) is 0. The molecule has 0 bridgehead atoms. The summed E-state index contributed by atoms with van der Waals surface area (Å²) in [5, 5.41) is 0. The Balaban J connectivity index is 2.52. The smallest absolute Gasteiger partial charge is 0.339 e. The van der Waals surface area contributed by atoms with Crippen LogP contribution in [0.25, 0.3) is 0 Å². The summed E-state index contributed by atoms with van der Waals surface area (Å²) in [6.07, 6.45) is 1.23. The topological polar surface area (TPSA) is 65.4 Å². The maximum atomic E-state index is 12.5. The van der Waals surface area contributed by atoms with Gasteiger partial charge >= 0.3 is 5.97 Å². The molecule has 1 aromatic heterocycles. The van der Waals surface area contributed by atoms with E-state index in [9.17, 15) is 13.2 Å². The molecule has 0 aliphatic heterocycles. The van der Waals surface area contributed by atoms with Crippen molar-refractivity contribution in [3.05, 3.63) is 52.3 Å². The molecule has 7 heteroatoms. The van der Waals surface area contributed by atoms with Gasteiger partial charge in [0, 0.05) is 6.20 Å². The fraction of sp³-hybridized carbons (Fsp3) is 0.154. The van der Waals surface area contributed by atoms with E-state index in [0.717, 1.165) is 9.54 Å². The summed E-state index contributed by atoms with van der Waals surface area (Å²) in [5.74, 6) is -0.594. The Labute approximate surface area is 125 Å². The highest BCUT2D eigenvalue weighted by Crippen LogP contribution is 2.23. The molecular weight excluding hydrogens is 346 g/mol. The molecule has 1 heterocycles. The van der Waals surface area contributed by atoms with Crippen molar-refractivity contribution >= 4 is 31.9 Å². The van der Waals surface area contributed by atoms with Gasteiger partial charge in [0.25, 0.3) is 10.0 Å². The predicted molar refractivity (Wildman–Crippen MR) is 77.2 cm³/mol. The first-order chi connectivity index (χ1) is 9.36. The van der Waals surface area contributed by atoms with Gasteiger partial charge in [0.05, 0.1) is 17.6 Å². The van der Waals surface area contributed by atoms with Gasteiger partial charge in [-0.3, -0.25) is 0 Å². The van der Waals surface area contributed by atoms with Gasteiger partial charge in [-0.25, -0.2) is 17.2 Å². The van der Waals surface area contributed by atoms with E-state index < -0.39 is 16.0 Å². The lowest BCUT2D eigenvalue weighted by molar-refractivity contribution is 0.0601. The normalized spacial score (nSPS) is 11.3. The molecular formula is C13H12BrNO4S. The summed E-state index contributed by atoms with van der Waals surface area (Å²) < 4.78 is 30.8. The molecule has 0 aliphatic carbocycles.